The molecule has 0 spiro atoms. The summed E-state index contributed by atoms with van der Waals surface area (Å²) in [5.74, 6) is -2.39. The van der Waals surface area contributed by atoms with Crippen LogP contribution >= 0.6 is 15.9 Å². The van der Waals surface area contributed by atoms with Crippen LogP contribution in [0.3, 0.4) is 0 Å². The molecule has 0 aliphatic carbocycles. The summed E-state index contributed by atoms with van der Waals surface area (Å²) in [5, 5.41) is 16.4. The molecule has 2 aromatic rings. The molecule has 0 amide bonds. The molecule has 2 heterocycles. The largest absolute Gasteiger partial charge is 0.386 e. The van der Waals surface area contributed by atoms with Gasteiger partial charge in [0.15, 0.2) is 12.1 Å². The zero-order chi connectivity index (χ0) is 23.7. The van der Waals surface area contributed by atoms with E-state index >= 15 is 0 Å². The summed E-state index contributed by atoms with van der Waals surface area (Å²) in [7, 11) is 3.07. The van der Waals surface area contributed by atoms with E-state index < -0.39 is 35.0 Å². The molecule has 1 fully saturated rings. The van der Waals surface area contributed by atoms with Crippen molar-refractivity contribution in [3.63, 3.8) is 0 Å². The lowest BCUT2D eigenvalue weighted by Crippen LogP contribution is -2.51. The zero-order valence-electron chi connectivity index (χ0n) is 19.1. The van der Waals surface area contributed by atoms with Crippen molar-refractivity contribution in [3.05, 3.63) is 46.2 Å². The van der Waals surface area contributed by atoms with Crippen LogP contribution in [0, 0.1) is 11.2 Å². The average molecular weight is 527 g/mol. The molecular formula is C22H30BrFN3O4Si. The predicted molar refractivity (Wildman–Crippen MR) is 121 cm³/mol. The third-order valence-electron chi connectivity index (χ3n) is 5.67. The second-order valence-electron chi connectivity index (χ2n) is 9.57. The first kappa shape index (κ1) is 25.4. The lowest BCUT2D eigenvalue weighted by atomic mass is 9.74. The Balaban J connectivity index is 2.15. The van der Waals surface area contributed by atoms with Crippen LogP contribution in [0.1, 0.15) is 77.6 Å². The van der Waals surface area contributed by atoms with Crippen molar-refractivity contribution < 1.29 is 23.4 Å². The Labute approximate surface area is 200 Å². The number of hydrogen-bond donors (Lipinski definition) is 1. The second-order valence-corrected chi connectivity index (χ2v) is 10.5. The Bertz CT molecular complexity index is 930. The second kappa shape index (κ2) is 9.59. The highest BCUT2D eigenvalue weighted by molar-refractivity contribution is 9.10. The fraction of sp³-hybridized carbons (Fsp3) is 0.636. The van der Waals surface area contributed by atoms with Crippen molar-refractivity contribution >= 4 is 26.4 Å². The zero-order valence-corrected chi connectivity index (χ0v) is 21.6. The van der Waals surface area contributed by atoms with Crippen LogP contribution in [-0.2, 0) is 19.7 Å². The molecule has 3 atom stereocenters. The van der Waals surface area contributed by atoms with Gasteiger partial charge in [0.25, 0.3) is 10.5 Å². The Hall–Kier alpha value is -1.17. The van der Waals surface area contributed by atoms with E-state index in [1.165, 1.54) is 10.7 Å². The summed E-state index contributed by atoms with van der Waals surface area (Å²) >= 11 is 3.31. The third kappa shape index (κ3) is 5.00. The van der Waals surface area contributed by atoms with Crippen molar-refractivity contribution in [2.24, 2.45) is 5.41 Å². The van der Waals surface area contributed by atoms with Crippen molar-refractivity contribution in [1.82, 2.24) is 14.8 Å². The number of halogens is 2. The van der Waals surface area contributed by atoms with Gasteiger partial charge in [0.05, 0.1) is 17.1 Å². The topological polar surface area (TPSA) is 78.6 Å². The van der Waals surface area contributed by atoms with Gasteiger partial charge in [-0.05, 0) is 62.0 Å². The molecule has 3 unspecified atom stereocenters. The van der Waals surface area contributed by atoms with E-state index in [0.717, 1.165) is 19.3 Å². The SMILES string of the molecule is CC(C)(C)OC(c1ccccc1F)C(C)(C)C(O)(O[Si])c1nc(Br)nn1C1CCCCO1. The smallest absolute Gasteiger partial charge is 0.250 e. The molecular weight excluding hydrogens is 497 g/mol. The Morgan fingerprint density at radius 2 is 1.94 bits per heavy atom. The lowest BCUT2D eigenvalue weighted by Gasteiger charge is -2.47. The number of aliphatic hydroxyl groups is 1. The van der Waals surface area contributed by atoms with Crippen LogP contribution in [0.5, 0.6) is 0 Å². The van der Waals surface area contributed by atoms with Crippen molar-refractivity contribution in [3.8, 4) is 0 Å². The number of aromatic nitrogens is 3. The van der Waals surface area contributed by atoms with Crippen LogP contribution in [0.4, 0.5) is 4.39 Å². The fourth-order valence-electron chi connectivity index (χ4n) is 3.93. The molecule has 32 heavy (non-hydrogen) atoms. The van der Waals surface area contributed by atoms with Gasteiger partial charge in [0.2, 0.25) is 10.5 Å². The van der Waals surface area contributed by atoms with Gasteiger partial charge >= 0.3 is 0 Å². The standard InChI is InChI=1S/C22H30BrFN3O4Si/c1-20(2,3)30-17(14-10-6-7-11-15(14)24)21(4,5)22(28,31-32)18-25-19(23)26-27(18)16-12-8-9-13-29-16/h6-7,10-11,16-17,28H,8-9,12-13H2,1-5H3. The van der Waals surface area contributed by atoms with Crippen LogP contribution < -0.4 is 0 Å². The maximum absolute atomic E-state index is 14.9. The normalized spacial score (nSPS) is 20.7. The minimum Gasteiger partial charge on any atom is -0.386 e. The Morgan fingerprint density at radius 3 is 2.50 bits per heavy atom. The molecule has 1 aromatic heterocycles. The molecule has 3 rings (SSSR count). The lowest BCUT2D eigenvalue weighted by molar-refractivity contribution is -0.278. The van der Waals surface area contributed by atoms with Gasteiger partial charge in [-0.1, -0.05) is 32.0 Å². The van der Waals surface area contributed by atoms with Gasteiger partial charge in [-0.25, -0.2) is 9.07 Å². The maximum Gasteiger partial charge on any atom is 0.250 e. The van der Waals surface area contributed by atoms with Crippen molar-refractivity contribution in [2.45, 2.75) is 77.6 Å². The van der Waals surface area contributed by atoms with Crippen LogP contribution in [0.15, 0.2) is 29.0 Å². The van der Waals surface area contributed by atoms with Gasteiger partial charge in [-0.15, -0.1) is 5.10 Å². The molecule has 0 bridgehead atoms. The van der Waals surface area contributed by atoms with Gasteiger partial charge in [-0.2, -0.15) is 4.98 Å². The highest BCUT2D eigenvalue weighted by atomic mass is 79.9. The fourth-order valence-corrected chi connectivity index (χ4v) is 4.62. The van der Waals surface area contributed by atoms with E-state index in [1.807, 2.05) is 20.8 Å². The Morgan fingerprint density at radius 1 is 1.25 bits per heavy atom. The van der Waals surface area contributed by atoms with E-state index in [2.05, 4.69) is 36.5 Å². The molecule has 1 aromatic carbocycles. The highest BCUT2D eigenvalue weighted by Gasteiger charge is 2.56. The van der Waals surface area contributed by atoms with Crippen LogP contribution in [-0.4, -0.2) is 42.6 Å². The van der Waals surface area contributed by atoms with Crippen molar-refractivity contribution in [1.29, 1.82) is 0 Å². The first-order valence-electron chi connectivity index (χ1n) is 10.6. The summed E-state index contributed by atoms with van der Waals surface area (Å²) < 4.78 is 34.5. The molecule has 175 valence electrons. The molecule has 7 nitrogen and oxygen atoms in total. The van der Waals surface area contributed by atoms with Gasteiger partial charge in [-0.3, -0.25) is 0 Å². The predicted octanol–water partition coefficient (Wildman–Crippen LogP) is 4.71. The molecule has 1 N–H and O–H groups in total. The number of rotatable bonds is 7. The molecule has 0 saturated carbocycles. The number of nitrogens with zero attached hydrogens (tertiary/aromatic N) is 3. The van der Waals surface area contributed by atoms with Gasteiger partial charge < -0.3 is 19.0 Å². The van der Waals surface area contributed by atoms with Gasteiger partial charge in [0, 0.05) is 12.2 Å². The molecule has 1 aliphatic rings. The summed E-state index contributed by atoms with van der Waals surface area (Å²) in [5.41, 5.74) is -1.59. The van der Waals surface area contributed by atoms with Gasteiger partial charge in [0.1, 0.15) is 5.82 Å². The third-order valence-corrected chi connectivity index (χ3v) is 6.30. The first-order chi connectivity index (χ1) is 14.9. The maximum atomic E-state index is 14.9. The Kier molecular flexibility index (Phi) is 7.63. The molecule has 10 heteroatoms. The van der Waals surface area contributed by atoms with E-state index in [0.29, 0.717) is 12.2 Å². The summed E-state index contributed by atoms with van der Waals surface area (Å²) in [6, 6.07) is 6.36. The number of hydrogen-bond acceptors (Lipinski definition) is 6. The van der Waals surface area contributed by atoms with E-state index in [1.54, 1.807) is 32.0 Å². The summed E-state index contributed by atoms with van der Waals surface area (Å²) in [4.78, 5) is 4.42. The minimum absolute atomic E-state index is 0.120. The van der Waals surface area contributed by atoms with Crippen molar-refractivity contribution in [2.75, 3.05) is 6.61 Å². The molecule has 1 saturated heterocycles. The van der Waals surface area contributed by atoms with E-state index in [9.17, 15) is 9.50 Å². The highest BCUT2D eigenvalue weighted by Crippen LogP contribution is 2.52. The molecule has 1 aliphatic heterocycles. The molecule has 3 radical (unpaired) electrons. The van der Waals surface area contributed by atoms with Crippen LogP contribution in [0.2, 0.25) is 0 Å². The number of ether oxygens (including phenoxy) is 2. The van der Waals surface area contributed by atoms with Crippen LogP contribution in [0.25, 0.3) is 0 Å². The first-order valence-corrected chi connectivity index (χ1v) is 11.8. The summed E-state index contributed by atoms with van der Waals surface area (Å²) in [6.45, 7) is 9.69. The van der Waals surface area contributed by atoms with E-state index in [4.69, 9.17) is 13.9 Å². The van der Waals surface area contributed by atoms with E-state index in [-0.39, 0.29) is 10.6 Å². The minimum atomic E-state index is -2.07. The monoisotopic (exact) mass is 526 g/mol. The number of benzene rings is 1. The average Bonchev–Trinajstić information content (AvgIpc) is 3.14. The quantitative estimate of drug-likeness (QED) is 0.415. The summed E-state index contributed by atoms with van der Waals surface area (Å²) in [6.07, 6.45) is 1.33.